The van der Waals surface area contributed by atoms with Crippen LogP contribution in [-0.2, 0) is 9.53 Å². The third-order valence-corrected chi connectivity index (χ3v) is 3.15. The van der Waals surface area contributed by atoms with E-state index in [9.17, 15) is 4.79 Å². The zero-order chi connectivity index (χ0) is 11.3. The van der Waals surface area contributed by atoms with Crippen molar-refractivity contribution >= 4 is 5.91 Å². The standard InChI is InChI=1S/C11H22N2O2/c1-9(15-2)8-13-10(14)11(12)6-4-3-5-7-11/h9H,3-8,12H2,1-2H3,(H,13,14). The molecule has 1 unspecified atom stereocenters. The van der Waals surface area contributed by atoms with Gasteiger partial charge in [0.05, 0.1) is 11.6 Å². The Balaban J connectivity index is 2.37. The average molecular weight is 214 g/mol. The summed E-state index contributed by atoms with van der Waals surface area (Å²) in [5, 5.41) is 2.85. The molecule has 1 rings (SSSR count). The monoisotopic (exact) mass is 214 g/mol. The summed E-state index contributed by atoms with van der Waals surface area (Å²) in [6.45, 7) is 2.46. The Hall–Kier alpha value is -0.610. The molecule has 0 radical (unpaired) electrons. The van der Waals surface area contributed by atoms with E-state index in [-0.39, 0.29) is 12.0 Å². The quantitative estimate of drug-likeness (QED) is 0.727. The molecule has 0 spiro atoms. The third kappa shape index (κ3) is 3.47. The summed E-state index contributed by atoms with van der Waals surface area (Å²) >= 11 is 0. The van der Waals surface area contributed by atoms with E-state index < -0.39 is 5.54 Å². The molecule has 0 aromatic rings. The van der Waals surface area contributed by atoms with Crippen LogP contribution in [0.3, 0.4) is 0 Å². The summed E-state index contributed by atoms with van der Waals surface area (Å²) in [6, 6.07) is 0. The lowest BCUT2D eigenvalue weighted by Gasteiger charge is -2.32. The van der Waals surface area contributed by atoms with Crippen molar-refractivity contribution in [2.24, 2.45) is 5.73 Å². The molecule has 15 heavy (non-hydrogen) atoms. The molecule has 1 amide bonds. The number of hydrogen-bond acceptors (Lipinski definition) is 3. The fourth-order valence-corrected chi connectivity index (χ4v) is 1.91. The van der Waals surface area contributed by atoms with Gasteiger partial charge in [0.15, 0.2) is 0 Å². The minimum Gasteiger partial charge on any atom is -0.380 e. The molecule has 4 nitrogen and oxygen atoms in total. The maximum Gasteiger partial charge on any atom is 0.240 e. The van der Waals surface area contributed by atoms with E-state index in [4.69, 9.17) is 10.5 Å². The first-order chi connectivity index (χ1) is 7.08. The van der Waals surface area contributed by atoms with Gasteiger partial charge in [0.25, 0.3) is 0 Å². The van der Waals surface area contributed by atoms with E-state index in [0.29, 0.717) is 6.54 Å². The molecule has 4 heteroatoms. The molecule has 1 fully saturated rings. The van der Waals surface area contributed by atoms with Crippen molar-refractivity contribution < 1.29 is 9.53 Å². The predicted octanol–water partition coefficient (Wildman–Crippen LogP) is 0.799. The van der Waals surface area contributed by atoms with Gasteiger partial charge in [-0.25, -0.2) is 0 Å². The molecule has 0 bridgehead atoms. The van der Waals surface area contributed by atoms with Crippen molar-refractivity contribution in [1.29, 1.82) is 0 Å². The molecule has 0 aromatic carbocycles. The Morgan fingerprint density at radius 1 is 1.47 bits per heavy atom. The van der Waals surface area contributed by atoms with Crippen LogP contribution < -0.4 is 11.1 Å². The number of carbonyl (C=O) groups excluding carboxylic acids is 1. The van der Waals surface area contributed by atoms with Gasteiger partial charge in [-0.2, -0.15) is 0 Å². The number of hydrogen-bond donors (Lipinski definition) is 2. The Labute approximate surface area is 91.5 Å². The third-order valence-electron chi connectivity index (χ3n) is 3.15. The van der Waals surface area contributed by atoms with Gasteiger partial charge < -0.3 is 15.8 Å². The number of methoxy groups -OCH3 is 1. The van der Waals surface area contributed by atoms with Crippen molar-refractivity contribution in [2.75, 3.05) is 13.7 Å². The van der Waals surface area contributed by atoms with E-state index in [1.54, 1.807) is 7.11 Å². The molecule has 1 saturated carbocycles. The Kier molecular flexibility index (Phi) is 4.54. The number of ether oxygens (including phenoxy) is 1. The molecular weight excluding hydrogens is 192 g/mol. The smallest absolute Gasteiger partial charge is 0.240 e. The van der Waals surface area contributed by atoms with Crippen LogP contribution in [0.4, 0.5) is 0 Å². The topological polar surface area (TPSA) is 64.3 Å². The van der Waals surface area contributed by atoms with E-state index in [1.165, 1.54) is 6.42 Å². The van der Waals surface area contributed by atoms with Gasteiger partial charge in [-0.1, -0.05) is 19.3 Å². The SMILES string of the molecule is COC(C)CNC(=O)C1(N)CCCCC1. The zero-order valence-electron chi connectivity index (χ0n) is 9.71. The molecule has 0 aliphatic heterocycles. The van der Waals surface area contributed by atoms with Gasteiger partial charge in [-0.15, -0.1) is 0 Å². The van der Waals surface area contributed by atoms with Gasteiger partial charge in [-0.05, 0) is 19.8 Å². The molecule has 88 valence electrons. The first-order valence-electron chi connectivity index (χ1n) is 5.68. The Morgan fingerprint density at radius 2 is 2.07 bits per heavy atom. The van der Waals surface area contributed by atoms with E-state index in [0.717, 1.165) is 25.7 Å². The number of rotatable bonds is 4. The molecule has 0 heterocycles. The van der Waals surface area contributed by atoms with E-state index in [2.05, 4.69) is 5.32 Å². The van der Waals surface area contributed by atoms with Crippen LogP contribution in [0.15, 0.2) is 0 Å². The van der Waals surface area contributed by atoms with E-state index >= 15 is 0 Å². The van der Waals surface area contributed by atoms with Crippen LogP contribution in [0.1, 0.15) is 39.0 Å². The number of amides is 1. The highest BCUT2D eigenvalue weighted by Gasteiger charge is 2.34. The lowest BCUT2D eigenvalue weighted by Crippen LogP contribution is -2.55. The lowest BCUT2D eigenvalue weighted by molar-refractivity contribution is -0.128. The highest BCUT2D eigenvalue weighted by molar-refractivity contribution is 5.86. The average Bonchev–Trinajstić information content (AvgIpc) is 2.26. The van der Waals surface area contributed by atoms with Crippen LogP contribution in [-0.4, -0.2) is 31.2 Å². The van der Waals surface area contributed by atoms with Gasteiger partial charge in [0.2, 0.25) is 5.91 Å². The first-order valence-corrected chi connectivity index (χ1v) is 5.68. The summed E-state index contributed by atoms with van der Waals surface area (Å²) in [5.41, 5.74) is 5.44. The van der Waals surface area contributed by atoms with Crippen molar-refractivity contribution in [3.05, 3.63) is 0 Å². The fraction of sp³-hybridized carbons (Fsp3) is 0.909. The lowest BCUT2D eigenvalue weighted by atomic mass is 9.82. The van der Waals surface area contributed by atoms with Gasteiger partial charge in [0.1, 0.15) is 0 Å². The van der Waals surface area contributed by atoms with Crippen LogP contribution >= 0.6 is 0 Å². The minimum absolute atomic E-state index is 0.0221. The molecule has 0 saturated heterocycles. The summed E-state index contributed by atoms with van der Waals surface area (Å²) in [5.74, 6) is -0.0221. The molecule has 3 N–H and O–H groups in total. The van der Waals surface area contributed by atoms with E-state index in [1.807, 2.05) is 6.92 Å². The maximum absolute atomic E-state index is 11.8. The van der Waals surface area contributed by atoms with Crippen LogP contribution in [0.5, 0.6) is 0 Å². The molecule has 1 aliphatic carbocycles. The zero-order valence-corrected chi connectivity index (χ0v) is 9.71. The van der Waals surface area contributed by atoms with Crippen molar-refractivity contribution in [1.82, 2.24) is 5.32 Å². The number of nitrogens with one attached hydrogen (secondary N) is 1. The molecular formula is C11H22N2O2. The van der Waals surface area contributed by atoms with Crippen LogP contribution in [0.25, 0.3) is 0 Å². The van der Waals surface area contributed by atoms with Crippen LogP contribution in [0.2, 0.25) is 0 Å². The van der Waals surface area contributed by atoms with Crippen molar-refractivity contribution in [2.45, 2.75) is 50.7 Å². The minimum atomic E-state index is -0.633. The van der Waals surface area contributed by atoms with Gasteiger partial charge in [-0.3, -0.25) is 4.79 Å². The number of carbonyl (C=O) groups is 1. The summed E-state index contributed by atoms with van der Waals surface area (Å²) < 4.78 is 5.07. The van der Waals surface area contributed by atoms with Gasteiger partial charge in [0, 0.05) is 13.7 Å². The van der Waals surface area contributed by atoms with Gasteiger partial charge >= 0.3 is 0 Å². The molecule has 1 aliphatic rings. The second kappa shape index (κ2) is 5.47. The normalized spacial score (nSPS) is 22.1. The largest absolute Gasteiger partial charge is 0.380 e. The first kappa shape index (κ1) is 12.5. The predicted molar refractivity (Wildman–Crippen MR) is 59.5 cm³/mol. The molecule has 1 atom stereocenters. The fourth-order valence-electron chi connectivity index (χ4n) is 1.91. The second-order valence-corrected chi connectivity index (χ2v) is 4.47. The van der Waals surface area contributed by atoms with Crippen molar-refractivity contribution in [3.8, 4) is 0 Å². The highest BCUT2D eigenvalue weighted by atomic mass is 16.5. The number of nitrogens with two attached hydrogens (primary N) is 1. The summed E-state index contributed by atoms with van der Waals surface area (Å²) in [7, 11) is 1.63. The Bertz CT molecular complexity index is 213. The molecule has 0 aromatic heterocycles. The summed E-state index contributed by atoms with van der Waals surface area (Å²) in [4.78, 5) is 11.8. The van der Waals surface area contributed by atoms with Crippen molar-refractivity contribution in [3.63, 3.8) is 0 Å². The second-order valence-electron chi connectivity index (χ2n) is 4.47. The highest BCUT2D eigenvalue weighted by Crippen LogP contribution is 2.25. The summed E-state index contributed by atoms with van der Waals surface area (Å²) in [6.07, 6.45) is 4.97. The maximum atomic E-state index is 11.8. The Morgan fingerprint density at radius 3 is 2.60 bits per heavy atom. The van der Waals surface area contributed by atoms with Crippen LogP contribution in [0, 0.1) is 0 Å².